The van der Waals surface area contributed by atoms with Crippen molar-refractivity contribution in [1.82, 2.24) is 29.3 Å². The van der Waals surface area contributed by atoms with Crippen molar-refractivity contribution in [2.24, 2.45) is 12.0 Å². The van der Waals surface area contributed by atoms with E-state index >= 15 is 0 Å². The van der Waals surface area contributed by atoms with Crippen molar-refractivity contribution in [3.05, 3.63) is 65.0 Å². The number of carbonyl (C=O) groups is 1. The van der Waals surface area contributed by atoms with Gasteiger partial charge in [0.1, 0.15) is 5.69 Å². The van der Waals surface area contributed by atoms with Gasteiger partial charge in [0.25, 0.3) is 11.6 Å². The van der Waals surface area contributed by atoms with Crippen LogP contribution in [-0.2, 0) is 23.1 Å². The summed E-state index contributed by atoms with van der Waals surface area (Å²) < 4.78 is 11.4. The normalized spacial score (nSPS) is 17.0. The van der Waals surface area contributed by atoms with Gasteiger partial charge in [0.15, 0.2) is 11.3 Å². The maximum Gasteiger partial charge on any atom is 0.313 e. The molecule has 5 aromatic rings. The van der Waals surface area contributed by atoms with Crippen molar-refractivity contribution in [3.8, 4) is 11.3 Å². The molecule has 0 unspecified atom stereocenters. The molecule has 0 radical (unpaired) electrons. The van der Waals surface area contributed by atoms with Crippen LogP contribution in [0.15, 0.2) is 64.4 Å². The highest BCUT2D eigenvalue weighted by Crippen LogP contribution is 2.29. The third kappa shape index (κ3) is 5.85. The van der Waals surface area contributed by atoms with Crippen LogP contribution in [-0.4, -0.2) is 48.0 Å². The molecule has 2 fully saturated rings. The Morgan fingerprint density at radius 2 is 1.64 bits per heavy atom. The van der Waals surface area contributed by atoms with E-state index < -0.39 is 0 Å². The summed E-state index contributed by atoms with van der Waals surface area (Å²) in [5.74, 6) is -0.335. The van der Waals surface area contributed by atoms with Crippen LogP contribution in [0.1, 0.15) is 77.0 Å². The number of hydrogen-bond donors (Lipinski definition) is 1. The second kappa shape index (κ2) is 12.9. The summed E-state index contributed by atoms with van der Waals surface area (Å²) >= 11 is 0. The molecule has 3 aromatic heterocycles. The van der Waals surface area contributed by atoms with E-state index in [1.54, 1.807) is 9.08 Å². The number of benzene rings is 2. The zero-order valence-electron chi connectivity index (χ0n) is 26.0. The van der Waals surface area contributed by atoms with E-state index in [4.69, 9.17) is 9.73 Å². The number of hydrogen-bond acceptors (Lipinski definition) is 6. The fourth-order valence-electron chi connectivity index (χ4n) is 7.15. The van der Waals surface area contributed by atoms with E-state index in [0.717, 1.165) is 55.0 Å². The molecule has 0 atom stereocenters. The number of aryl methyl sites for hydroxylation is 2. The monoisotopic (exact) mass is 607 g/mol. The third-order valence-corrected chi connectivity index (χ3v) is 9.47. The van der Waals surface area contributed by atoms with Crippen molar-refractivity contribution in [2.45, 2.75) is 95.7 Å². The second-order valence-corrected chi connectivity index (χ2v) is 12.6. The Labute approximate surface area is 262 Å². The molecule has 0 amide bonds. The molecular weight excluding hydrogens is 566 g/mol. The van der Waals surface area contributed by atoms with Gasteiger partial charge in [-0.1, -0.05) is 92.3 Å². The molecule has 2 aliphatic carbocycles. The number of nitrogens with one attached hydrogen (secondary N) is 1. The number of aromatic nitrogens is 5. The molecular formula is C35H41N7O3. The summed E-state index contributed by atoms with van der Waals surface area (Å²) in [6.07, 6.45) is 12.0. The first-order valence-corrected chi connectivity index (χ1v) is 16.5. The minimum absolute atomic E-state index is 0.124. The average molecular weight is 608 g/mol. The molecule has 0 bridgehead atoms. The van der Waals surface area contributed by atoms with Crippen LogP contribution in [0.25, 0.3) is 38.8 Å². The fourth-order valence-corrected chi connectivity index (χ4v) is 7.15. The van der Waals surface area contributed by atoms with Gasteiger partial charge in [-0.3, -0.25) is 14.2 Å². The SMILES string of the molecule is Cn1c2ccccc2c2c(=O)n(CCCC(=O)OC(=NC3CCCCC3)NC3CCCCC3)c3c(-c4ccccc4)nnn3c21. The third-order valence-electron chi connectivity index (χ3n) is 9.47. The van der Waals surface area contributed by atoms with Crippen molar-refractivity contribution in [3.63, 3.8) is 0 Å². The molecule has 1 N–H and O–H groups in total. The van der Waals surface area contributed by atoms with Crippen LogP contribution in [0, 0.1) is 0 Å². The van der Waals surface area contributed by atoms with E-state index in [1.165, 1.54) is 25.7 Å². The van der Waals surface area contributed by atoms with Crippen molar-refractivity contribution in [2.75, 3.05) is 0 Å². The van der Waals surface area contributed by atoms with Gasteiger partial charge >= 0.3 is 5.97 Å². The van der Waals surface area contributed by atoms with Gasteiger partial charge in [-0.05, 0) is 38.2 Å². The van der Waals surface area contributed by atoms with Crippen molar-refractivity contribution >= 4 is 39.6 Å². The molecule has 234 valence electrons. The quantitative estimate of drug-likeness (QED) is 0.135. The van der Waals surface area contributed by atoms with E-state index in [0.29, 0.717) is 47.4 Å². The Morgan fingerprint density at radius 1 is 0.933 bits per heavy atom. The smallest absolute Gasteiger partial charge is 0.313 e. The number of nitrogens with zero attached hydrogens (tertiary/aromatic N) is 6. The number of para-hydroxylation sites is 1. The topological polar surface area (TPSA) is 108 Å². The van der Waals surface area contributed by atoms with E-state index in [9.17, 15) is 9.59 Å². The summed E-state index contributed by atoms with van der Waals surface area (Å²) in [6.45, 7) is 0.314. The predicted octanol–water partition coefficient (Wildman–Crippen LogP) is 6.14. The lowest BCUT2D eigenvalue weighted by molar-refractivity contribution is -0.136. The summed E-state index contributed by atoms with van der Waals surface area (Å²) in [4.78, 5) is 32.4. The van der Waals surface area contributed by atoms with Crippen LogP contribution in [0.2, 0.25) is 0 Å². The Bertz CT molecular complexity index is 1910. The first-order valence-electron chi connectivity index (χ1n) is 16.5. The maximum absolute atomic E-state index is 14.3. The average Bonchev–Trinajstić information content (AvgIpc) is 3.63. The Morgan fingerprint density at radius 3 is 2.42 bits per heavy atom. The molecule has 0 saturated heterocycles. The van der Waals surface area contributed by atoms with Gasteiger partial charge in [-0.15, -0.1) is 5.10 Å². The molecule has 10 nitrogen and oxygen atoms in total. The van der Waals surface area contributed by atoms with Gasteiger partial charge in [-0.2, -0.15) is 4.52 Å². The Hall–Kier alpha value is -4.47. The lowest BCUT2D eigenvalue weighted by atomic mass is 9.95. The van der Waals surface area contributed by atoms with Crippen molar-refractivity contribution < 1.29 is 9.53 Å². The number of ether oxygens (including phenoxy) is 1. The van der Waals surface area contributed by atoms with Gasteiger partial charge in [0.2, 0.25) is 0 Å². The van der Waals surface area contributed by atoms with E-state index in [2.05, 4.69) is 15.6 Å². The van der Waals surface area contributed by atoms with E-state index in [1.807, 2.05) is 66.2 Å². The van der Waals surface area contributed by atoms with Gasteiger partial charge < -0.3 is 14.6 Å². The van der Waals surface area contributed by atoms with Crippen molar-refractivity contribution in [1.29, 1.82) is 0 Å². The highest BCUT2D eigenvalue weighted by Gasteiger charge is 2.24. The first kappa shape index (κ1) is 29.3. The lowest BCUT2D eigenvalue weighted by Crippen LogP contribution is -2.39. The number of rotatable bonds is 7. The maximum atomic E-state index is 14.3. The largest absolute Gasteiger partial charge is 0.393 e. The fraction of sp³-hybridized carbons (Fsp3) is 0.457. The second-order valence-electron chi connectivity index (χ2n) is 12.6. The zero-order chi connectivity index (χ0) is 30.8. The molecule has 0 aliphatic heterocycles. The zero-order valence-corrected chi connectivity index (χ0v) is 26.0. The molecule has 10 heteroatoms. The van der Waals surface area contributed by atoms with Crippen LogP contribution in [0.4, 0.5) is 0 Å². The minimum atomic E-state index is -0.335. The number of esters is 1. The molecule has 7 rings (SSSR count). The highest BCUT2D eigenvalue weighted by atomic mass is 16.6. The van der Waals surface area contributed by atoms with Crippen LogP contribution in [0.5, 0.6) is 0 Å². The summed E-state index contributed by atoms with van der Waals surface area (Å²) in [5, 5.41) is 14.0. The molecule has 45 heavy (non-hydrogen) atoms. The lowest BCUT2D eigenvalue weighted by Gasteiger charge is -2.25. The molecule has 0 spiro atoms. The first-order chi connectivity index (χ1) is 22.1. The minimum Gasteiger partial charge on any atom is -0.393 e. The molecule has 2 saturated carbocycles. The molecule has 3 heterocycles. The summed E-state index contributed by atoms with van der Waals surface area (Å²) in [7, 11) is 1.95. The summed E-state index contributed by atoms with van der Waals surface area (Å²) in [6, 6.07) is 18.5. The number of fused-ring (bicyclic) bond motifs is 5. The van der Waals surface area contributed by atoms with Crippen LogP contribution >= 0.6 is 0 Å². The van der Waals surface area contributed by atoms with E-state index in [-0.39, 0.29) is 24.0 Å². The van der Waals surface area contributed by atoms with Gasteiger partial charge in [0.05, 0.1) is 16.9 Å². The predicted molar refractivity (Wildman–Crippen MR) is 176 cm³/mol. The number of amidine groups is 1. The molecule has 2 aliphatic rings. The molecule has 2 aromatic carbocycles. The van der Waals surface area contributed by atoms with Crippen LogP contribution in [0.3, 0.4) is 0 Å². The van der Waals surface area contributed by atoms with Crippen LogP contribution < -0.4 is 10.9 Å². The van der Waals surface area contributed by atoms with Gasteiger partial charge in [-0.25, -0.2) is 4.99 Å². The van der Waals surface area contributed by atoms with Gasteiger partial charge in [0, 0.05) is 37.0 Å². The Balaban J connectivity index is 1.18. The highest BCUT2D eigenvalue weighted by molar-refractivity contribution is 6.07. The number of carbonyl (C=O) groups excluding carboxylic acids is 1. The number of aliphatic imine (C=N–C) groups is 1. The summed E-state index contributed by atoms with van der Waals surface area (Å²) in [5.41, 5.74) is 3.62. The Kier molecular flexibility index (Phi) is 8.37. The standard InChI is InChI=1S/C35H41N7O3/c1-40-28-21-12-11-20-27(28)30-32(40)42-33(31(38-39-42)24-14-5-2-6-15-24)41(34(30)44)23-13-22-29(43)45-35(36-25-16-7-3-8-17-25)37-26-18-9-4-10-19-26/h2,5-6,11-12,14-15,20-21,25-26H,3-4,7-10,13,16-19,22-23H2,1H3,(H,36,37).